The number of benzene rings is 1. The highest BCUT2D eigenvalue weighted by Gasteiger charge is 2.50. The van der Waals surface area contributed by atoms with E-state index in [9.17, 15) is 0 Å². The summed E-state index contributed by atoms with van der Waals surface area (Å²) in [5, 5.41) is 8.89. The zero-order chi connectivity index (χ0) is 17.9. The van der Waals surface area contributed by atoms with E-state index in [0.717, 1.165) is 45.3 Å². The smallest absolute Gasteiger partial charge is 0.158 e. The summed E-state index contributed by atoms with van der Waals surface area (Å²) in [5.41, 5.74) is 2.63. The van der Waals surface area contributed by atoms with Gasteiger partial charge in [0.2, 0.25) is 0 Å². The van der Waals surface area contributed by atoms with E-state index in [1.807, 2.05) is 0 Å². The van der Waals surface area contributed by atoms with Crippen LogP contribution >= 0.6 is 0 Å². The van der Waals surface area contributed by atoms with Gasteiger partial charge in [-0.2, -0.15) is 5.26 Å². The second-order valence-electron chi connectivity index (χ2n) is 8.25. The summed E-state index contributed by atoms with van der Waals surface area (Å²) in [6.07, 6.45) is 9.44. The van der Waals surface area contributed by atoms with Crippen LogP contribution in [0.25, 0.3) is 0 Å². The summed E-state index contributed by atoms with van der Waals surface area (Å²) in [4.78, 5) is 0. The zero-order valence-electron chi connectivity index (χ0n) is 15.5. The summed E-state index contributed by atoms with van der Waals surface area (Å²) >= 11 is 0. The molecule has 4 nitrogen and oxygen atoms in total. The van der Waals surface area contributed by atoms with Gasteiger partial charge in [-0.15, -0.1) is 0 Å². The molecule has 3 saturated heterocycles. The maximum absolute atomic E-state index is 8.89. The first-order valence-electron chi connectivity index (χ1n) is 10.1. The average molecular weight is 355 g/mol. The molecule has 3 heterocycles. The number of nitrogens with zero attached hydrogens (tertiary/aromatic N) is 1. The molecule has 5 rings (SSSR count). The fourth-order valence-corrected chi connectivity index (χ4v) is 4.72. The highest BCUT2D eigenvalue weighted by atomic mass is 16.7. The summed E-state index contributed by atoms with van der Waals surface area (Å²) in [6, 6.07) is 11.1. The molecule has 1 aromatic carbocycles. The van der Waals surface area contributed by atoms with Crippen molar-refractivity contribution in [3.63, 3.8) is 0 Å². The molecule has 3 aliphatic heterocycles. The van der Waals surface area contributed by atoms with Crippen LogP contribution in [-0.2, 0) is 26.4 Å². The van der Waals surface area contributed by atoms with Gasteiger partial charge in [0.1, 0.15) is 0 Å². The van der Waals surface area contributed by atoms with Gasteiger partial charge in [-0.1, -0.05) is 24.3 Å². The van der Waals surface area contributed by atoms with E-state index >= 15 is 0 Å². The molecule has 1 atom stereocenters. The van der Waals surface area contributed by atoms with Crippen molar-refractivity contribution in [1.29, 1.82) is 5.26 Å². The van der Waals surface area contributed by atoms with Crippen LogP contribution in [0.1, 0.15) is 68.9 Å². The Kier molecular flexibility index (Phi) is 5.31. The van der Waals surface area contributed by atoms with Gasteiger partial charge in [0, 0.05) is 13.0 Å². The van der Waals surface area contributed by atoms with Crippen molar-refractivity contribution in [2.75, 3.05) is 13.2 Å². The Balaban J connectivity index is 1.35. The van der Waals surface area contributed by atoms with Crippen molar-refractivity contribution in [3.8, 4) is 6.07 Å². The summed E-state index contributed by atoms with van der Waals surface area (Å²) in [7, 11) is 0. The molecule has 0 spiro atoms. The quantitative estimate of drug-likeness (QED) is 0.734. The Labute approximate surface area is 156 Å². The third-order valence-corrected chi connectivity index (χ3v) is 6.59. The van der Waals surface area contributed by atoms with Gasteiger partial charge < -0.3 is 14.2 Å². The molecule has 0 N–H and O–H groups in total. The molecule has 4 aliphatic rings. The number of fused-ring (bicyclic) bond motifs is 3. The normalized spacial score (nSPS) is 33.7. The van der Waals surface area contributed by atoms with Crippen LogP contribution in [0.2, 0.25) is 0 Å². The third-order valence-electron chi connectivity index (χ3n) is 6.59. The van der Waals surface area contributed by atoms with Crippen LogP contribution in [0.4, 0.5) is 0 Å². The molecule has 1 aliphatic carbocycles. The lowest BCUT2D eigenvalue weighted by molar-refractivity contribution is -0.191. The van der Waals surface area contributed by atoms with E-state index in [1.165, 1.54) is 30.4 Å². The van der Waals surface area contributed by atoms with Crippen LogP contribution < -0.4 is 0 Å². The van der Waals surface area contributed by atoms with Gasteiger partial charge in [0.15, 0.2) is 6.29 Å². The van der Waals surface area contributed by atoms with Crippen molar-refractivity contribution in [2.24, 2.45) is 5.41 Å². The minimum atomic E-state index is -0.111. The fourth-order valence-electron chi connectivity index (χ4n) is 4.72. The SMILES string of the molecule is N#CCCC12CCC(c3ccc(COC4CCCCO4)cc3)(CC1)OC2. The maximum Gasteiger partial charge on any atom is 0.158 e. The highest BCUT2D eigenvalue weighted by molar-refractivity contribution is 5.29. The second kappa shape index (κ2) is 7.68. The van der Waals surface area contributed by atoms with Gasteiger partial charge in [-0.25, -0.2) is 0 Å². The van der Waals surface area contributed by atoms with Gasteiger partial charge in [0.05, 0.1) is 24.9 Å². The van der Waals surface area contributed by atoms with Crippen molar-refractivity contribution >= 4 is 0 Å². The molecule has 1 saturated carbocycles. The Morgan fingerprint density at radius 2 is 1.92 bits per heavy atom. The molecule has 0 aromatic heterocycles. The Hall–Kier alpha value is -1.41. The molecule has 4 heteroatoms. The van der Waals surface area contributed by atoms with E-state index in [0.29, 0.717) is 13.0 Å². The fraction of sp³-hybridized carbons (Fsp3) is 0.682. The predicted molar refractivity (Wildman–Crippen MR) is 98.2 cm³/mol. The summed E-state index contributed by atoms with van der Waals surface area (Å²) in [6.45, 7) is 2.23. The van der Waals surface area contributed by atoms with E-state index < -0.39 is 0 Å². The van der Waals surface area contributed by atoms with Crippen molar-refractivity contribution in [3.05, 3.63) is 35.4 Å². The van der Waals surface area contributed by atoms with Gasteiger partial charge in [-0.05, 0) is 67.9 Å². The minimum Gasteiger partial charge on any atom is -0.370 e. The number of rotatable bonds is 6. The zero-order valence-corrected chi connectivity index (χ0v) is 15.5. The lowest BCUT2D eigenvalue weighted by Crippen LogP contribution is -2.49. The monoisotopic (exact) mass is 355 g/mol. The van der Waals surface area contributed by atoms with Crippen LogP contribution in [0.5, 0.6) is 0 Å². The molecular formula is C22H29NO3. The topological polar surface area (TPSA) is 51.5 Å². The first kappa shape index (κ1) is 18.0. The first-order valence-corrected chi connectivity index (χ1v) is 10.1. The van der Waals surface area contributed by atoms with Crippen molar-refractivity contribution in [1.82, 2.24) is 0 Å². The molecule has 1 unspecified atom stereocenters. The van der Waals surface area contributed by atoms with E-state index in [-0.39, 0.29) is 17.3 Å². The number of hydrogen-bond acceptors (Lipinski definition) is 4. The van der Waals surface area contributed by atoms with Gasteiger partial charge in [0.25, 0.3) is 0 Å². The maximum atomic E-state index is 8.89. The lowest BCUT2D eigenvalue weighted by atomic mass is 9.62. The van der Waals surface area contributed by atoms with Crippen LogP contribution in [0.3, 0.4) is 0 Å². The summed E-state index contributed by atoms with van der Waals surface area (Å²) < 4.78 is 17.9. The molecule has 26 heavy (non-hydrogen) atoms. The van der Waals surface area contributed by atoms with Gasteiger partial charge in [-0.3, -0.25) is 0 Å². The molecule has 0 radical (unpaired) electrons. The second-order valence-corrected chi connectivity index (χ2v) is 8.25. The summed E-state index contributed by atoms with van der Waals surface area (Å²) in [5.74, 6) is 0. The standard InChI is InChI=1S/C22H29NO3/c23-14-3-9-21-10-12-22(13-11-21,26-17-21)19-7-5-18(6-8-19)16-25-20-4-1-2-15-24-20/h5-8,20H,1-4,9-13,15-17H2. The largest absolute Gasteiger partial charge is 0.370 e. The lowest BCUT2D eigenvalue weighted by Gasteiger charge is -2.53. The Bertz CT molecular complexity index is 618. The van der Waals surface area contributed by atoms with E-state index in [4.69, 9.17) is 19.5 Å². The minimum absolute atomic E-state index is 0.0384. The predicted octanol–water partition coefficient (Wildman–Crippen LogP) is 4.82. The van der Waals surface area contributed by atoms with Crippen LogP contribution in [-0.4, -0.2) is 19.5 Å². The number of hydrogen-bond donors (Lipinski definition) is 0. The molecule has 2 bridgehead atoms. The molecule has 4 fully saturated rings. The Morgan fingerprint density at radius 1 is 1.12 bits per heavy atom. The first-order chi connectivity index (χ1) is 12.7. The van der Waals surface area contributed by atoms with Crippen LogP contribution in [0.15, 0.2) is 24.3 Å². The number of ether oxygens (including phenoxy) is 3. The average Bonchev–Trinajstić information content (AvgIpc) is 2.73. The van der Waals surface area contributed by atoms with Gasteiger partial charge >= 0.3 is 0 Å². The van der Waals surface area contributed by atoms with Crippen LogP contribution in [0, 0.1) is 16.7 Å². The van der Waals surface area contributed by atoms with Crippen molar-refractivity contribution < 1.29 is 14.2 Å². The highest BCUT2D eigenvalue weighted by Crippen LogP contribution is 2.55. The molecule has 140 valence electrons. The van der Waals surface area contributed by atoms with E-state index in [2.05, 4.69) is 30.3 Å². The molecular weight excluding hydrogens is 326 g/mol. The van der Waals surface area contributed by atoms with Crippen molar-refractivity contribution in [2.45, 2.75) is 76.3 Å². The third kappa shape index (κ3) is 3.67. The molecule has 0 amide bonds. The Morgan fingerprint density at radius 3 is 2.54 bits per heavy atom. The van der Waals surface area contributed by atoms with E-state index in [1.54, 1.807) is 0 Å². The molecule has 1 aromatic rings. The number of nitriles is 1.